The molecule has 1 fully saturated rings. The summed E-state index contributed by atoms with van der Waals surface area (Å²) in [6, 6.07) is 25.2. The number of nitrogens with zero attached hydrogens (tertiary/aromatic N) is 1. The highest BCUT2D eigenvalue weighted by Gasteiger charge is 2.45. The number of rotatable bonds is 10. The van der Waals surface area contributed by atoms with Crippen molar-refractivity contribution < 1.29 is 21.8 Å². The molecule has 3 aromatic rings. The van der Waals surface area contributed by atoms with E-state index in [1.807, 2.05) is 62.4 Å². The highest BCUT2D eigenvalue weighted by molar-refractivity contribution is 7.86. The molecule has 1 aliphatic carbocycles. The van der Waals surface area contributed by atoms with Crippen LogP contribution in [0.15, 0.2) is 83.8 Å². The highest BCUT2D eigenvalue weighted by atomic mass is 32.2. The van der Waals surface area contributed by atoms with Crippen LogP contribution in [0.25, 0.3) is 0 Å². The van der Waals surface area contributed by atoms with Gasteiger partial charge in [0.15, 0.2) is 0 Å². The van der Waals surface area contributed by atoms with Crippen LogP contribution < -0.4 is 0 Å². The van der Waals surface area contributed by atoms with Crippen molar-refractivity contribution in [3.63, 3.8) is 0 Å². The van der Waals surface area contributed by atoms with E-state index in [-0.39, 0.29) is 15.9 Å². The molecule has 0 heterocycles. The molecule has 189 valence electrons. The maximum Gasteiger partial charge on any atom is 0.417 e. The minimum atomic E-state index is -3.76. The van der Waals surface area contributed by atoms with E-state index in [0.29, 0.717) is 24.5 Å². The Morgan fingerprint density at radius 3 is 2.11 bits per heavy atom. The first-order chi connectivity index (χ1) is 17.3. The standard InChI is InChI=1S/C30H35NO4S/c1-24-11-13-26(14-12-24)20-31(22-28-8-6-7-25(2)19-28,36(33,34)30-9-4-3-5-10-30)21-27-15-17-29(18-16-27)35-23-32/h3-14,19,27,29H,15-18,20-22H2,1-2H3/q+1. The van der Waals surface area contributed by atoms with Crippen molar-refractivity contribution in [2.45, 2.75) is 63.6 Å². The summed E-state index contributed by atoms with van der Waals surface area (Å²) < 4.78 is 34.1. The third-order valence-electron chi connectivity index (χ3n) is 7.29. The SMILES string of the molecule is Cc1ccc(C[N+](Cc2cccc(C)c2)(CC2CCC(O[C]=O)CC2)S(=O)(=O)c2ccccc2)cc1. The molecule has 0 amide bonds. The molecule has 0 aliphatic heterocycles. The summed E-state index contributed by atoms with van der Waals surface area (Å²) in [6.45, 7) is 6.90. The molecule has 0 N–H and O–H groups in total. The zero-order valence-electron chi connectivity index (χ0n) is 21.1. The number of quaternary nitrogens is 1. The lowest BCUT2D eigenvalue weighted by Crippen LogP contribution is -2.54. The largest absolute Gasteiger partial charge is 0.454 e. The third-order valence-corrected chi connectivity index (χ3v) is 9.59. The van der Waals surface area contributed by atoms with Gasteiger partial charge in [0.1, 0.15) is 24.1 Å². The summed E-state index contributed by atoms with van der Waals surface area (Å²) in [5, 5.41) is 0. The molecule has 1 aliphatic rings. The van der Waals surface area contributed by atoms with Crippen LogP contribution in [-0.4, -0.2) is 31.4 Å². The van der Waals surface area contributed by atoms with E-state index in [9.17, 15) is 13.2 Å². The number of ether oxygens (including phenoxy) is 1. The zero-order valence-corrected chi connectivity index (χ0v) is 21.9. The third kappa shape index (κ3) is 6.05. The predicted octanol–water partition coefficient (Wildman–Crippen LogP) is 5.85. The predicted molar refractivity (Wildman–Crippen MR) is 141 cm³/mol. The lowest BCUT2D eigenvalue weighted by Gasteiger charge is -2.41. The van der Waals surface area contributed by atoms with Crippen LogP contribution in [0.3, 0.4) is 0 Å². The molecule has 1 radical (unpaired) electrons. The van der Waals surface area contributed by atoms with Gasteiger partial charge in [-0.1, -0.05) is 77.9 Å². The molecule has 0 bridgehead atoms. The van der Waals surface area contributed by atoms with Crippen molar-refractivity contribution in [2.24, 2.45) is 5.92 Å². The molecular formula is C30H35NO4S+. The molecular weight excluding hydrogens is 470 g/mol. The first-order valence-corrected chi connectivity index (χ1v) is 14.1. The van der Waals surface area contributed by atoms with Gasteiger partial charge >= 0.3 is 16.5 Å². The number of benzene rings is 3. The molecule has 3 aromatic carbocycles. The fraction of sp³-hybridized carbons (Fsp3) is 0.367. The zero-order chi connectivity index (χ0) is 25.6. The summed E-state index contributed by atoms with van der Waals surface area (Å²) in [5.74, 6) is 0.199. The van der Waals surface area contributed by atoms with Crippen molar-refractivity contribution in [1.82, 2.24) is 0 Å². The summed E-state index contributed by atoms with van der Waals surface area (Å²) in [7, 11) is -3.76. The van der Waals surface area contributed by atoms with E-state index >= 15 is 0 Å². The minimum absolute atomic E-state index is 0.0838. The molecule has 36 heavy (non-hydrogen) atoms. The second-order valence-electron chi connectivity index (χ2n) is 10.2. The van der Waals surface area contributed by atoms with Crippen LogP contribution in [-0.2, 0) is 32.6 Å². The minimum Gasteiger partial charge on any atom is -0.454 e. The van der Waals surface area contributed by atoms with E-state index in [2.05, 4.69) is 6.07 Å². The fourth-order valence-electron chi connectivity index (χ4n) is 5.41. The number of carbonyl (C=O) groups excluding carboxylic acids is 1. The van der Waals surface area contributed by atoms with Crippen molar-refractivity contribution in [3.8, 4) is 0 Å². The van der Waals surface area contributed by atoms with Crippen molar-refractivity contribution in [1.29, 1.82) is 0 Å². The Kier molecular flexibility index (Phi) is 8.27. The number of hydrogen-bond acceptors (Lipinski definition) is 4. The maximum absolute atomic E-state index is 14.6. The van der Waals surface area contributed by atoms with E-state index in [4.69, 9.17) is 4.74 Å². The molecule has 4 rings (SSSR count). The molecule has 1 unspecified atom stereocenters. The average molecular weight is 506 g/mol. The van der Waals surface area contributed by atoms with E-state index in [0.717, 1.165) is 47.9 Å². The normalized spacial score (nSPS) is 19.8. The van der Waals surface area contributed by atoms with Gasteiger partial charge in [-0.2, -0.15) is 8.42 Å². The molecule has 6 heteroatoms. The first kappa shape index (κ1) is 26.1. The molecule has 5 nitrogen and oxygen atoms in total. The van der Waals surface area contributed by atoms with Crippen molar-refractivity contribution >= 4 is 16.5 Å². The van der Waals surface area contributed by atoms with Gasteiger partial charge in [0.25, 0.3) is 0 Å². The van der Waals surface area contributed by atoms with E-state index in [1.165, 1.54) is 0 Å². The summed E-state index contributed by atoms with van der Waals surface area (Å²) in [5.41, 5.74) is 4.27. The van der Waals surface area contributed by atoms with E-state index < -0.39 is 10.0 Å². The van der Waals surface area contributed by atoms with Gasteiger partial charge in [0.2, 0.25) is 0 Å². The van der Waals surface area contributed by atoms with Crippen LogP contribution >= 0.6 is 0 Å². The molecule has 0 aromatic heterocycles. The van der Waals surface area contributed by atoms with Crippen LogP contribution in [0.4, 0.5) is 0 Å². The lowest BCUT2D eigenvalue weighted by atomic mass is 9.87. The summed E-state index contributed by atoms with van der Waals surface area (Å²) in [4.78, 5) is 11.0. The van der Waals surface area contributed by atoms with Crippen LogP contribution in [0.5, 0.6) is 0 Å². The van der Waals surface area contributed by atoms with Gasteiger partial charge in [-0.3, -0.25) is 0 Å². The van der Waals surface area contributed by atoms with Gasteiger partial charge in [-0.05, 0) is 51.7 Å². The second-order valence-corrected chi connectivity index (χ2v) is 12.4. The van der Waals surface area contributed by atoms with Crippen LogP contribution in [0, 0.1) is 19.8 Å². The topological polar surface area (TPSA) is 60.4 Å². The molecule has 1 atom stereocenters. The first-order valence-electron chi connectivity index (χ1n) is 12.6. The van der Waals surface area contributed by atoms with Crippen LogP contribution in [0.1, 0.15) is 47.9 Å². The fourth-order valence-corrected chi connectivity index (χ4v) is 7.40. The number of sulfonamides is 1. The van der Waals surface area contributed by atoms with Crippen LogP contribution in [0.2, 0.25) is 0 Å². The van der Waals surface area contributed by atoms with E-state index in [1.54, 1.807) is 30.7 Å². The Balaban J connectivity index is 1.79. The lowest BCUT2D eigenvalue weighted by molar-refractivity contribution is -0.838. The van der Waals surface area contributed by atoms with Gasteiger partial charge in [-0.25, -0.2) is 8.68 Å². The number of hydrogen-bond donors (Lipinski definition) is 0. The molecule has 1 saturated carbocycles. The summed E-state index contributed by atoms with van der Waals surface area (Å²) in [6.07, 6.45) is 2.98. The smallest absolute Gasteiger partial charge is 0.417 e. The van der Waals surface area contributed by atoms with Gasteiger partial charge in [0, 0.05) is 17.0 Å². The number of aryl methyl sites for hydroxylation is 2. The monoisotopic (exact) mass is 505 g/mol. The Labute approximate surface area is 215 Å². The van der Waals surface area contributed by atoms with Crippen molar-refractivity contribution in [3.05, 3.63) is 101 Å². The van der Waals surface area contributed by atoms with Gasteiger partial charge in [-0.15, -0.1) is 0 Å². The average Bonchev–Trinajstić information content (AvgIpc) is 2.87. The Hall–Kier alpha value is -2.96. The maximum atomic E-state index is 14.6. The quantitative estimate of drug-likeness (QED) is 0.324. The second kappa shape index (κ2) is 11.4. The van der Waals surface area contributed by atoms with Crippen molar-refractivity contribution in [2.75, 3.05) is 6.54 Å². The van der Waals surface area contributed by atoms with Gasteiger partial charge in [0.05, 0.1) is 6.54 Å². The Morgan fingerprint density at radius 2 is 1.47 bits per heavy atom. The van der Waals surface area contributed by atoms with Gasteiger partial charge < -0.3 is 4.74 Å². The Morgan fingerprint density at radius 1 is 0.806 bits per heavy atom. The highest BCUT2D eigenvalue weighted by Crippen LogP contribution is 2.36. The molecule has 0 spiro atoms. The molecule has 0 saturated heterocycles. The Bertz CT molecular complexity index is 1250. The summed E-state index contributed by atoms with van der Waals surface area (Å²) >= 11 is 0.